The SMILES string of the molecule is O=c1c2ccccc2c2cccc3c4cccc(-c5cc(-n6c7ccccc7c7c8c(ccc76)C6C=CC=CC6N8c6ccccc6)ccc5-c5ccccc5)c4n1c23. The van der Waals surface area contributed by atoms with Crippen LogP contribution in [0.4, 0.5) is 11.4 Å². The van der Waals surface area contributed by atoms with Gasteiger partial charge in [-0.15, -0.1) is 0 Å². The summed E-state index contributed by atoms with van der Waals surface area (Å²) >= 11 is 0. The summed E-state index contributed by atoms with van der Waals surface area (Å²) in [4.78, 5) is 17.3. The second-order valence-corrected chi connectivity index (χ2v) is 15.9. The highest BCUT2D eigenvalue weighted by atomic mass is 16.1. The van der Waals surface area contributed by atoms with E-state index in [4.69, 9.17) is 0 Å². The van der Waals surface area contributed by atoms with Gasteiger partial charge in [0.2, 0.25) is 0 Å². The van der Waals surface area contributed by atoms with Crippen molar-refractivity contribution in [1.82, 2.24) is 8.97 Å². The van der Waals surface area contributed by atoms with Gasteiger partial charge in [-0.25, -0.2) is 0 Å². The van der Waals surface area contributed by atoms with E-state index in [9.17, 15) is 4.79 Å². The molecule has 2 aliphatic rings. The van der Waals surface area contributed by atoms with Gasteiger partial charge in [0.15, 0.2) is 0 Å². The number of benzene rings is 8. The average Bonchev–Trinajstić information content (AvgIpc) is 3.95. The van der Waals surface area contributed by atoms with Gasteiger partial charge < -0.3 is 9.47 Å². The summed E-state index contributed by atoms with van der Waals surface area (Å²) in [6, 6.07) is 63.1. The largest absolute Gasteiger partial charge is 0.333 e. The molecule has 0 bridgehead atoms. The molecule has 0 saturated carbocycles. The molecule has 1 aliphatic heterocycles. The first kappa shape index (κ1) is 32.4. The van der Waals surface area contributed by atoms with Crippen LogP contribution < -0.4 is 10.5 Å². The molecule has 59 heavy (non-hydrogen) atoms. The molecule has 3 aromatic heterocycles. The van der Waals surface area contributed by atoms with Crippen molar-refractivity contribution in [3.63, 3.8) is 0 Å². The topological polar surface area (TPSA) is 29.7 Å². The van der Waals surface area contributed by atoms with Gasteiger partial charge in [0.1, 0.15) is 0 Å². The summed E-state index contributed by atoms with van der Waals surface area (Å²) in [5.41, 5.74) is 13.5. The normalized spacial score (nSPS) is 16.0. The fourth-order valence-electron chi connectivity index (χ4n) is 10.6. The summed E-state index contributed by atoms with van der Waals surface area (Å²) in [5, 5.41) is 7.44. The molecule has 13 rings (SSSR count). The molecule has 0 amide bonds. The molecular weight excluding hydrogens is 719 g/mol. The van der Waals surface area contributed by atoms with Crippen molar-refractivity contribution in [2.45, 2.75) is 12.0 Å². The van der Waals surface area contributed by atoms with E-state index in [1.807, 2.05) is 22.6 Å². The zero-order valence-corrected chi connectivity index (χ0v) is 32.0. The smallest absolute Gasteiger partial charge is 0.263 e. The third-order valence-corrected chi connectivity index (χ3v) is 13.0. The van der Waals surface area contributed by atoms with Crippen LogP contribution in [0, 0.1) is 0 Å². The van der Waals surface area contributed by atoms with Crippen molar-refractivity contribution in [3.8, 4) is 27.9 Å². The number of allylic oxidation sites excluding steroid dienone is 2. The first-order valence-electron chi connectivity index (χ1n) is 20.4. The van der Waals surface area contributed by atoms with Gasteiger partial charge in [0.05, 0.1) is 33.8 Å². The third kappa shape index (κ3) is 4.40. The molecule has 2 atom stereocenters. The molecule has 11 aromatic rings. The third-order valence-electron chi connectivity index (χ3n) is 13.0. The lowest BCUT2D eigenvalue weighted by Gasteiger charge is -2.29. The van der Waals surface area contributed by atoms with Crippen LogP contribution in [0.25, 0.3) is 87.7 Å². The number of pyridine rings is 1. The average molecular weight is 754 g/mol. The molecule has 0 spiro atoms. The molecule has 2 unspecified atom stereocenters. The van der Waals surface area contributed by atoms with E-state index in [1.54, 1.807) is 0 Å². The predicted molar refractivity (Wildman–Crippen MR) is 246 cm³/mol. The van der Waals surface area contributed by atoms with Crippen LogP contribution in [0.3, 0.4) is 0 Å². The number of anilines is 2. The van der Waals surface area contributed by atoms with Crippen molar-refractivity contribution in [2.24, 2.45) is 0 Å². The maximum atomic E-state index is 14.7. The molecule has 4 heterocycles. The van der Waals surface area contributed by atoms with Gasteiger partial charge in [-0.3, -0.25) is 9.20 Å². The van der Waals surface area contributed by atoms with Crippen molar-refractivity contribution < 1.29 is 0 Å². The Balaban J connectivity index is 1.13. The van der Waals surface area contributed by atoms with Gasteiger partial charge >= 0.3 is 0 Å². The minimum atomic E-state index is 0.00801. The highest BCUT2D eigenvalue weighted by molar-refractivity contribution is 6.23. The summed E-state index contributed by atoms with van der Waals surface area (Å²) in [5.74, 6) is 0.257. The number of aromatic nitrogens is 2. The van der Waals surface area contributed by atoms with E-state index in [0.717, 1.165) is 76.9 Å². The number of para-hydroxylation sites is 4. The van der Waals surface area contributed by atoms with Gasteiger partial charge in [-0.1, -0.05) is 158 Å². The van der Waals surface area contributed by atoms with E-state index in [-0.39, 0.29) is 17.5 Å². The lowest BCUT2D eigenvalue weighted by molar-refractivity contribution is 0.745. The Hall–Kier alpha value is -7.69. The second kappa shape index (κ2) is 12.2. The van der Waals surface area contributed by atoms with Crippen LogP contribution in [-0.2, 0) is 0 Å². The molecule has 8 aromatic carbocycles. The Morgan fingerprint density at radius 3 is 1.93 bits per heavy atom. The Bertz CT molecular complexity index is 3650. The highest BCUT2D eigenvalue weighted by Gasteiger charge is 2.39. The number of nitrogens with zero attached hydrogens (tertiary/aromatic N) is 3. The van der Waals surface area contributed by atoms with Gasteiger partial charge in [-0.2, -0.15) is 0 Å². The van der Waals surface area contributed by atoms with Crippen LogP contribution in [0.1, 0.15) is 11.5 Å². The standard InChI is InChI=1S/C55H35N3O/c59-55-45-21-8-7-19-38(45)40-23-13-24-41-42-25-14-26-43(53(42)58(55)52(40)41)47-33-36(29-30-37(47)34-15-3-1-4-16-34)56-49-28-12-10-22-46(49)51-50(56)32-31-44-39-20-9-11-27-48(39)57(54(44)51)35-17-5-2-6-18-35/h1-33,39,48H. The monoisotopic (exact) mass is 753 g/mol. The van der Waals surface area contributed by atoms with Crippen molar-refractivity contribution in [1.29, 1.82) is 0 Å². The molecule has 4 nitrogen and oxygen atoms in total. The van der Waals surface area contributed by atoms with Crippen molar-refractivity contribution in [3.05, 3.63) is 216 Å². The van der Waals surface area contributed by atoms with Gasteiger partial charge in [0, 0.05) is 55.2 Å². The highest BCUT2D eigenvalue weighted by Crippen LogP contribution is 2.53. The number of fused-ring (bicyclic) bond motifs is 12. The lowest BCUT2D eigenvalue weighted by atomic mass is 9.91. The van der Waals surface area contributed by atoms with Crippen LogP contribution in [-0.4, -0.2) is 15.0 Å². The maximum absolute atomic E-state index is 14.7. The molecule has 0 radical (unpaired) electrons. The summed E-state index contributed by atoms with van der Waals surface area (Å²) in [6.07, 6.45) is 9.09. The Kier molecular flexibility index (Phi) is 6.68. The van der Waals surface area contributed by atoms with E-state index in [2.05, 4.69) is 191 Å². The molecule has 1 aliphatic carbocycles. The lowest BCUT2D eigenvalue weighted by Crippen LogP contribution is -2.28. The zero-order chi connectivity index (χ0) is 38.8. The quantitative estimate of drug-likeness (QED) is 0.168. The number of rotatable bonds is 4. The molecule has 4 heteroatoms. The Labute approximate surface area is 339 Å². The maximum Gasteiger partial charge on any atom is 0.263 e. The predicted octanol–water partition coefficient (Wildman–Crippen LogP) is 13.4. The minimum absolute atomic E-state index is 0.00801. The second-order valence-electron chi connectivity index (χ2n) is 15.9. The minimum Gasteiger partial charge on any atom is -0.333 e. The molecule has 0 N–H and O–H groups in total. The van der Waals surface area contributed by atoms with E-state index in [1.165, 1.54) is 27.7 Å². The van der Waals surface area contributed by atoms with E-state index < -0.39 is 0 Å². The van der Waals surface area contributed by atoms with E-state index >= 15 is 0 Å². The van der Waals surface area contributed by atoms with E-state index in [0.29, 0.717) is 0 Å². The number of hydrogen-bond donors (Lipinski definition) is 0. The van der Waals surface area contributed by atoms with Crippen LogP contribution in [0.5, 0.6) is 0 Å². The van der Waals surface area contributed by atoms with Gasteiger partial charge in [0.25, 0.3) is 5.56 Å². The van der Waals surface area contributed by atoms with Crippen LogP contribution in [0.15, 0.2) is 205 Å². The molecule has 0 fully saturated rings. The fourth-order valence-corrected chi connectivity index (χ4v) is 10.6. The Morgan fingerprint density at radius 2 is 1.10 bits per heavy atom. The summed E-state index contributed by atoms with van der Waals surface area (Å²) < 4.78 is 4.43. The molecule has 276 valence electrons. The molecular formula is C55H35N3O. The van der Waals surface area contributed by atoms with Gasteiger partial charge in [-0.05, 0) is 70.1 Å². The summed E-state index contributed by atoms with van der Waals surface area (Å²) in [7, 11) is 0. The van der Waals surface area contributed by atoms with Crippen molar-refractivity contribution in [2.75, 3.05) is 4.90 Å². The number of hydrogen-bond acceptors (Lipinski definition) is 2. The zero-order valence-electron chi connectivity index (χ0n) is 32.0. The van der Waals surface area contributed by atoms with Crippen molar-refractivity contribution >= 4 is 71.1 Å². The fraction of sp³-hybridized carbons (Fsp3) is 0.0364. The van der Waals surface area contributed by atoms with Crippen LogP contribution >= 0.6 is 0 Å². The first-order valence-corrected chi connectivity index (χ1v) is 20.4. The molecule has 0 saturated heterocycles. The van der Waals surface area contributed by atoms with Crippen LogP contribution in [0.2, 0.25) is 0 Å². The first-order chi connectivity index (χ1) is 29.2. The summed E-state index contributed by atoms with van der Waals surface area (Å²) in [6.45, 7) is 0. The Morgan fingerprint density at radius 1 is 0.441 bits per heavy atom.